The zero-order chi connectivity index (χ0) is 17.9. The van der Waals surface area contributed by atoms with Gasteiger partial charge in [-0.05, 0) is 65.7 Å². The first-order chi connectivity index (χ1) is 12.7. The molecule has 3 aromatic rings. The van der Waals surface area contributed by atoms with E-state index in [-0.39, 0.29) is 5.91 Å². The van der Waals surface area contributed by atoms with Crippen LogP contribution in [0.5, 0.6) is 0 Å². The molecule has 1 fully saturated rings. The minimum Gasteiger partial charge on any atom is -0.370 e. The van der Waals surface area contributed by atoms with Gasteiger partial charge in [0.1, 0.15) is 6.33 Å². The molecule has 0 atom stereocenters. The molecule has 1 amide bonds. The van der Waals surface area contributed by atoms with Gasteiger partial charge in [-0.1, -0.05) is 11.6 Å². The SMILES string of the molecule is O=C(Nc1cc(-n2cnnn2)ccc1N1CCCC1)c1ccc(Cl)cc1. The highest BCUT2D eigenvalue weighted by Gasteiger charge is 2.18. The summed E-state index contributed by atoms with van der Waals surface area (Å²) in [6.07, 6.45) is 3.83. The molecule has 1 aromatic heterocycles. The third-order valence-electron chi connectivity index (χ3n) is 4.40. The lowest BCUT2D eigenvalue weighted by Crippen LogP contribution is -2.21. The maximum atomic E-state index is 12.7. The fourth-order valence-electron chi connectivity index (χ4n) is 3.08. The van der Waals surface area contributed by atoms with Crippen LogP contribution in [-0.4, -0.2) is 39.2 Å². The summed E-state index contributed by atoms with van der Waals surface area (Å²) in [5, 5.41) is 14.9. The van der Waals surface area contributed by atoms with Crippen molar-refractivity contribution in [3.8, 4) is 5.69 Å². The number of carbonyl (C=O) groups excluding carboxylic acids is 1. The first kappa shape index (κ1) is 16.5. The van der Waals surface area contributed by atoms with E-state index in [2.05, 4.69) is 25.7 Å². The van der Waals surface area contributed by atoms with Crippen LogP contribution >= 0.6 is 11.6 Å². The number of hydrogen-bond donors (Lipinski definition) is 1. The van der Waals surface area contributed by atoms with E-state index in [1.807, 2.05) is 18.2 Å². The fraction of sp³-hybridized carbons (Fsp3) is 0.222. The van der Waals surface area contributed by atoms with Crippen molar-refractivity contribution in [3.63, 3.8) is 0 Å². The smallest absolute Gasteiger partial charge is 0.255 e. The summed E-state index contributed by atoms with van der Waals surface area (Å²) < 4.78 is 1.56. The van der Waals surface area contributed by atoms with Crippen molar-refractivity contribution in [1.82, 2.24) is 20.2 Å². The van der Waals surface area contributed by atoms with E-state index in [9.17, 15) is 4.79 Å². The summed E-state index contributed by atoms with van der Waals surface area (Å²) in [4.78, 5) is 14.9. The normalized spacial score (nSPS) is 13.8. The zero-order valence-corrected chi connectivity index (χ0v) is 14.7. The van der Waals surface area contributed by atoms with Crippen LogP contribution in [0.2, 0.25) is 5.02 Å². The van der Waals surface area contributed by atoms with Gasteiger partial charge in [0.25, 0.3) is 5.91 Å². The van der Waals surface area contributed by atoms with E-state index in [0.717, 1.165) is 43.0 Å². The number of tetrazole rings is 1. The van der Waals surface area contributed by atoms with Gasteiger partial charge >= 0.3 is 0 Å². The predicted molar refractivity (Wildman–Crippen MR) is 100 cm³/mol. The Labute approximate surface area is 155 Å². The number of aromatic nitrogens is 4. The Morgan fingerprint density at radius 3 is 2.54 bits per heavy atom. The number of amides is 1. The number of benzene rings is 2. The van der Waals surface area contributed by atoms with Crippen LogP contribution in [0, 0.1) is 0 Å². The van der Waals surface area contributed by atoms with Gasteiger partial charge < -0.3 is 10.2 Å². The Balaban J connectivity index is 1.67. The lowest BCUT2D eigenvalue weighted by Gasteiger charge is -2.22. The number of nitrogens with zero attached hydrogens (tertiary/aromatic N) is 5. The molecule has 26 heavy (non-hydrogen) atoms. The molecule has 0 spiro atoms. The third-order valence-corrected chi connectivity index (χ3v) is 4.65. The van der Waals surface area contributed by atoms with Crippen molar-refractivity contribution in [3.05, 3.63) is 59.4 Å². The van der Waals surface area contributed by atoms with Gasteiger partial charge in [0, 0.05) is 23.7 Å². The van der Waals surface area contributed by atoms with Crippen LogP contribution in [-0.2, 0) is 0 Å². The molecule has 0 radical (unpaired) electrons. The summed E-state index contributed by atoms with van der Waals surface area (Å²) in [5.41, 5.74) is 3.07. The van der Waals surface area contributed by atoms with E-state index >= 15 is 0 Å². The summed E-state index contributed by atoms with van der Waals surface area (Å²) in [6.45, 7) is 1.96. The number of halogens is 1. The quantitative estimate of drug-likeness (QED) is 0.765. The van der Waals surface area contributed by atoms with Gasteiger partial charge in [-0.15, -0.1) is 5.10 Å². The molecule has 2 aromatic carbocycles. The van der Waals surface area contributed by atoms with E-state index in [0.29, 0.717) is 10.6 Å². The highest BCUT2D eigenvalue weighted by atomic mass is 35.5. The second kappa shape index (κ2) is 7.13. The average Bonchev–Trinajstić information content (AvgIpc) is 3.36. The minimum atomic E-state index is -0.184. The van der Waals surface area contributed by atoms with E-state index in [1.165, 1.54) is 6.33 Å². The monoisotopic (exact) mass is 368 g/mol. The molecule has 1 aliphatic rings. The van der Waals surface area contributed by atoms with Gasteiger partial charge in [-0.25, -0.2) is 4.68 Å². The Hall–Kier alpha value is -2.93. The molecule has 4 rings (SSSR count). The van der Waals surface area contributed by atoms with Crippen LogP contribution in [0.1, 0.15) is 23.2 Å². The molecule has 0 unspecified atom stereocenters. The highest BCUT2D eigenvalue weighted by molar-refractivity contribution is 6.30. The van der Waals surface area contributed by atoms with Gasteiger partial charge in [0.15, 0.2) is 0 Å². The summed E-state index contributed by atoms with van der Waals surface area (Å²) in [6, 6.07) is 12.7. The van der Waals surface area contributed by atoms with Gasteiger partial charge in [0.2, 0.25) is 0 Å². The molecule has 1 aliphatic heterocycles. The number of hydrogen-bond acceptors (Lipinski definition) is 5. The van der Waals surface area contributed by atoms with Crippen molar-refractivity contribution in [2.45, 2.75) is 12.8 Å². The lowest BCUT2D eigenvalue weighted by atomic mass is 10.1. The number of nitrogens with one attached hydrogen (secondary N) is 1. The largest absolute Gasteiger partial charge is 0.370 e. The van der Waals surface area contributed by atoms with Crippen molar-refractivity contribution in [2.75, 3.05) is 23.3 Å². The zero-order valence-electron chi connectivity index (χ0n) is 14.0. The maximum Gasteiger partial charge on any atom is 0.255 e. The second-order valence-electron chi connectivity index (χ2n) is 6.11. The van der Waals surface area contributed by atoms with Crippen molar-refractivity contribution < 1.29 is 4.79 Å². The Morgan fingerprint density at radius 2 is 1.85 bits per heavy atom. The molecule has 1 N–H and O–H groups in total. The number of anilines is 2. The Bertz CT molecular complexity index is 904. The van der Waals surface area contributed by atoms with Gasteiger partial charge in [-0.3, -0.25) is 4.79 Å². The molecule has 0 aliphatic carbocycles. The van der Waals surface area contributed by atoms with Gasteiger partial charge in [-0.2, -0.15) is 0 Å². The molecule has 8 heteroatoms. The molecule has 2 heterocycles. The molecule has 1 saturated heterocycles. The molecule has 7 nitrogen and oxygen atoms in total. The lowest BCUT2D eigenvalue weighted by molar-refractivity contribution is 0.102. The first-order valence-electron chi connectivity index (χ1n) is 8.40. The molecule has 132 valence electrons. The fourth-order valence-corrected chi connectivity index (χ4v) is 3.20. The molecule has 0 bridgehead atoms. The number of rotatable bonds is 4. The topological polar surface area (TPSA) is 75.9 Å². The van der Waals surface area contributed by atoms with Crippen LogP contribution in [0.15, 0.2) is 48.8 Å². The van der Waals surface area contributed by atoms with Crippen LogP contribution in [0.4, 0.5) is 11.4 Å². The molecular weight excluding hydrogens is 352 g/mol. The number of carbonyl (C=O) groups is 1. The summed E-state index contributed by atoms with van der Waals surface area (Å²) in [5.74, 6) is -0.184. The van der Waals surface area contributed by atoms with Crippen LogP contribution < -0.4 is 10.2 Å². The summed E-state index contributed by atoms with van der Waals surface area (Å²) >= 11 is 5.91. The van der Waals surface area contributed by atoms with E-state index < -0.39 is 0 Å². The minimum absolute atomic E-state index is 0.184. The van der Waals surface area contributed by atoms with E-state index in [4.69, 9.17) is 11.6 Å². The second-order valence-corrected chi connectivity index (χ2v) is 6.55. The summed E-state index contributed by atoms with van der Waals surface area (Å²) in [7, 11) is 0. The van der Waals surface area contributed by atoms with Crippen molar-refractivity contribution in [1.29, 1.82) is 0 Å². The maximum absolute atomic E-state index is 12.7. The van der Waals surface area contributed by atoms with Crippen LogP contribution in [0.25, 0.3) is 5.69 Å². The van der Waals surface area contributed by atoms with Crippen molar-refractivity contribution in [2.24, 2.45) is 0 Å². The first-order valence-corrected chi connectivity index (χ1v) is 8.78. The van der Waals surface area contributed by atoms with Crippen molar-refractivity contribution >= 4 is 28.9 Å². The third kappa shape index (κ3) is 3.39. The molecule has 0 saturated carbocycles. The standard InChI is InChI=1S/C18H17ClN6O/c19-14-5-3-13(4-6-14)18(26)21-16-11-15(25-12-20-22-23-25)7-8-17(16)24-9-1-2-10-24/h3-8,11-12H,1-2,9-10H2,(H,21,26). The average molecular weight is 369 g/mol. The highest BCUT2D eigenvalue weighted by Crippen LogP contribution is 2.31. The Kier molecular flexibility index (Phi) is 4.53. The van der Waals surface area contributed by atoms with Crippen LogP contribution in [0.3, 0.4) is 0 Å². The van der Waals surface area contributed by atoms with E-state index in [1.54, 1.807) is 28.9 Å². The van der Waals surface area contributed by atoms with Gasteiger partial charge in [0.05, 0.1) is 17.1 Å². The predicted octanol–water partition coefficient (Wildman–Crippen LogP) is 3.17. The molecular formula is C18H17ClN6O. The Morgan fingerprint density at radius 1 is 1.08 bits per heavy atom.